The molecule has 1 heterocycles. The molecule has 0 saturated heterocycles. The van der Waals surface area contributed by atoms with E-state index < -0.39 is 0 Å². The van der Waals surface area contributed by atoms with E-state index in [1.54, 1.807) is 10.6 Å². The van der Waals surface area contributed by atoms with Crippen molar-refractivity contribution in [2.24, 2.45) is 0 Å². The molecule has 1 amide bonds. The SMILES string of the molecule is CCC(CCO)NC(=O)CCc1nc2ccccc2c(=O)n1C1CC1. The lowest BCUT2D eigenvalue weighted by Gasteiger charge is -2.16. The average molecular weight is 343 g/mol. The van der Waals surface area contributed by atoms with E-state index in [2.05, 4.69) is 10.3 Å². The number of carbonyl (C=O) groups is 1. The summed E-state index contributed by atoms with van der Waals surface area (Å²) in [6.07, 6.45) is 4.06. The molecule has 134 valence electrons. The van der Waals surface area contributed by atoms with Crippen LogP contribution in [0.1, 0.15) is 50.9 Å². The van der Waals surface area contributed by atoms with Crippen LogP contribution < -0.4 is 10.9 Å². The predicted molar refractivity (Wildman–Crippen MR) is 96.5 cm³/mol. The van der Waals surface area contributed by atoms with Gasteiger partial charge in [-0.25, -0.2) is 4.98 Å². The van der Waals surface area contributed by atoms with Gasteiger partial charge in [0, 0.05) is 31.5 Å². The second-order valence-electron chi connectivity index (χ2n) is 6.64. The molecule has 6 heteroatoms. The summed E-state index contributed by atoms with van der Waals surface area (Å²) in [5.41, 5.74) is 0.682. The number of nitrogens with one attached hydrogen (secondary N) is 1. The van der Waals surface area contributed by atoms with E-state index in [-0.39, 0.29) is 30.2 Å². The molecule has 25 heavy (non-hydrogen) atoms. The Morgan fingerprint density at radius 1 is 1.40 bits per heavy atom. The second kappa shape index (κ2) is 7.78. The maximum absolute atomic E-state index is 12.8. The highest BCUT2D eigenvalue weighted by molar-refractivity contribution is 5.78. The molecule has 1 fully saturated rings. The number of amides is 1. The summed E-state index contributed by atoms with van der Waals surface area (Å²) in [6.45, 7) is 2.04. The van der Waals surface area contributed by atoms with Gasteiger partial charge in [-0.15, -0.1) is 0 Å². The lowest BCUT2D eigenvalue weighted by Crippen LogP contribution is -2.35. The van der Waals surface area contributed by atoms with E-state index in [0.717, 1.165) is 19.3 Å². The fourth-order valence-electron chi connectivity index (χ4n) is 3.14. The van der Waals surface area contributed by atoms with Crippen LogP contribution in [0.4, 0.5) is 0 Å². The zero-order valence-electron chi connectivity index (χ0n) is 14.6. The van der Waals surface area contributed by atoms with Crippen molar-refractivity contribution in [2.45, 2.75) is 57.5 Å². The number of rotatable bonds is 8. The van der Waals surface area contributed by atoms with Crippen molar-refractivity contribution < 1.29 is 9.90 Å². The largest absolute Gasteiger partial charge is 0.396 e. The van der Waals surface area contributed by atoms with Gasteiger partial charge in [0.2, 0.25) is 5.91 Å². The first-order chi connectivity index (χ1) is 12.1. The highest BCUT2D eigenvalue weighted by Gasteiger charge is 2.28. The van der Waals surface area contributed by atoms with Gasteiger partial charge in [0.25, 0.3) is 5.56 Å². The van der Waals surface area contributed by atoms with Crippen molar-refractivity contribution in [3.63, 3.8) is 0 Å². The van der Waals surface area contributed by atoms with Crippen molar-refractivity contribution >= 4 is 16.8 Å². The number of aryl methyl sites for hydroxylation is 1. The minimum absolute atomic E-state index is 0.00442. The summed E-state index contributed by atoms with van der Waals surface area (Å²) in [6, 6.07) is 7.58. The lowest BCUT2D eigenvalue weighted by atomic mass is 10.1. The fraction of sp³-hybridized carbons (Fsp3) is 0.526. The molecule has 2 aromatic rings. The maximum Gasteiger partial charge on any atom is 0.261 e. The monoisotopic (exact) mass is 343 g/mol. The van der Waals surface area contributed by atoms with Gasteiger partial charge in [0.1, 0.15) is 5.82 Å². The highest BCUT2D eigenvalue weighted by atomic mass is 16.3. The van der Waals surface area contributed by atoms with Crippen LogP contribution in [0.5, 0.6) is 0 Å². The molecule has 1 saturated carbocycles. The van der Waals surface area contributed by atoms with Gasteiger partial charge >= 0.3 is 0 Å². The summed E-state index contributed by atoms with van der Waals surface area (Å²) < 4.78 is 1.78. The molecule has 1 unspecified atom stereocenters. The predicted octanol–water partition coefficient (Wildman–Crippen LogP) is 1.94. The van der Waals surface area contributed by atoms with Crippen LogP contribution in [-0.2, 0) is 11.2 Å². The van der Waals surface area contributed by atoms with Gasteiger partial charge in [-0.3, -0.25) is 14.2 Å². The molecule has 0 bridgehead atoms. The Kier molecular flexibility index (Phi) is 5.48. The Morgan fingerprint density at radius 2 is 2.16 bits per heavy atom. The Balaban J connectivity index is 1.78. The van der Waals surface area contributed by atoms with E-state index in [1.165, 1.54) is 0 Å². The summed E-state index contributed by atoms with van der Waals surface area (Å²) >= 11 is 0. The van der Waals surface area contributed by atoms with Crippen LogP contribution >= 0.6 is 0 Å². The van der Waals surface area contributed by atoms with E-state index in [4.69, 9.17) is 5.11 Å². The number of carbonyl (C=O) groups excluding carboxylic acids is 1. The van der Waals surface area contributed by atoms with E-state index in [0.29, 0.717) is 36.0 Å². The normalized spacial score (nSPS) is 15.3. The maximum atomic E-state index is 12.8. The third-order valence-electron chi connectivity index (χ3n) is 4.70. The topological polar surface area (TPSA) is 84.2 Å². The quantitative estimate of drug-likeness (QED) is 0.767. The van der Waals surface area contributed by atoms with Crippen LogP contribution in [0, 0.1) is 0 Å². The summed E-state index contributed by atoms with van der Waals surface area (Å²) in [5.74, 6) is 0.626. The van der Waals surface area contributed by atoms with Crippen molar-refractivity contribution in [1.29, 1.82) is 0 Å². The van der Waals surface area contributed by atoms with E-state index in [9.17, 15) is 9.59 Å². The molecule has 3 rings (SSSR count). The molecule has 1 aliphatic rings. The van der Waals surface area contributed by atoms with Gasteiger partial charge in [0.05, 0.1) is 10.9 Å². The molecular weight excluding hydrogens is 318 g/mol. The van der Waals surface area contributed by atoms with Crippen molar-refractivity contribution in [3.8, 4) is 0 Å². The van der Waals surface area contributed by atoms with Crippen LogP contribution in [0.15, 0.2) is 29.1 Å². The Labute approximate surface area is 146 Å². The van der Waals surface area contributed by atoms with Crippen molar-refractivity contribution in [3.05, 3.63) is 40.4 Å². The molecule has 2 N–H and O–H groups in total. The van der Waals surface area contributed by atoms with Crippen LogP contribution in [0.3, 0.4) is 0 Å². The third kappa shape index (κ3) is 4.07. The van der Waals surface area contributed by atoms with Gasteiger partial charge in [-0.05, 0) is 37.8 Å². The number of para-hydroxylation sites is 1. The van der Waals surface area contributed by atoms with Crippen molar-refractivity contribution in [2.75, 3.05) is 6.61 Å². The zero-order valence-corrected chi connectivity index (χ0v) is 14.6. The Hall–Kier alpha value is -2.21. The van der Waals surface area contributed by atoms with E-state index >= 15 is 0 Å². The average Bonchev–Trinajstić information content (AvgIpc) is 3.44. The molecular formula is C19H25N3O3. The van der Waals surface area contributed by atoms with Gasteiger partial charge in [0.15, 0.2) is 0 Å². The summed E-state index contributed by atoms with van der Waals surface area (Å²) in [5, 5.41) is 12.6. The minimum atomic E-state index is -0.0648. The second-order valence-corrected chi connectivity index (χ2v) is 6.64. The first kappa shape index (κ1) is 17.6. The third-order valence-corrected chi connectivity index (χ3v) is 4.70. The lowest BCUT2D eigenvalue weighted by molar-refractivity contribution is -0.121. The van der Waals surface area contributed by atoms with Crippen LogP contribution in [0.25, 0.3) is 10.9 Å². The molecule has 1 aromatic heterocycles. The summed E-state index contributed by atoms with van der Waals surface area (Å²) in [7, 11) is 0. The first-order valence-corrected chi connectivity index (χ1v) is 9.04. The zero-order chi connectivity index (χ0) is 17.8. The smallest absolute Gasteiger partial charge is 0.261 e. The number of aliphatic hydroxyl groups is 1. The molecule has 6 nitrogen and oxygen atoms in total. The van der Waals surface area contributed by atoms with Crippen LogP contribution in [-0.4, -0.2) is 33.2 Å². The number of hydrogen-bond acceptors (Lipinski definition) is 4. The Bertz CT molecular complexity index is 811. The molecule has 0 radical (unpaired) electrons. The number of fused-ring (bicyclic) bond motifs is 1. The minimum Gasteiger partial charge on any atom is -0.396 e. The number of aromatic nitrogens is 2. The first-order valence-electron chi connectivity index (χ1n) is 9.04. The number of nitrogens with zero attached hydrogens (tertiary/aromatic N) is 2. The molecule has 0 spiro atoms. The highest BCUT2D eigenvalue weighted by Crippen LogP contribution is 2.34. The number of aliphatic hydroxyl groups excluding tert-OH is 1. The molecule has 1 atom stereocenters. The molecule has 1 aromatic carbocycles. The number of benzene rings is 1. The van der Waals surface area contributed by atoms with E-state index in [1.807, 2.05) is 25.1 Å². The molecule has 1 aliphatic carbocycles. The Morgan fingerprint density at radius 3 is 2.84 bits per heavy atom. The van der Waals surface area contributed by atoms with Gasteiger partial charge in [-0.1, -0.05) is 19.1 Å². The fourth-order valence-corrected chi connectivity index (χ4v) is 3.14. The molecule has 0 aliphatic heterocycles. The van der Waals surface area contributed by atoms with Gasteiger partial charge < -0.3 is 10.4 Å². The number of hydrogen-bond donors (Lipinski definition) is 2. The standard InChI is InChI=1S/C19H25N3O3/c1-2-13(11-12-23)20-18(24)10-9-17-21-16-6-4-3-5-15(16)19(25)22(17)14-7-8-14/h3-6,13-14,23H,2,7-12H2,1H3,(H,20,24). The van der Waals surface area contributed by atoms with Gasteiger partial charge in [-0.2, -0.15) is 0 Å². The summed E-state index contributed by atoms with van der Waals surface area (Å²) in [4.78, 5) is 29.6. The van der Waals surface area contributed by atoms with Crippen molar-refractivity contribution in [1.82, 2.24) is 14.9 Å². The van der Waals surface area contributed by atoms with Crippen LogP contribution in [0.2, 0.25) is 0 Å².